The molecule has 62 valence electrons. The molecule has 0 amide bonds. The van der Waals surface area contributed by atoms with Gasteiger partial charge in [-0.2, -0.15) is 0 Å². The molecule has 0 saturated heterocycles. The van der Waals surface area contributed by atoms with E-state index in [4.69, 9.17) is 6.42 Å². The summed E-state index contributed by atoms with van der Waals surface area (Å²) in [6.07, 6.45) is 8.62. The lowest BCUT2D eigenvalue weighted by atomic mass is 9.99. The quantitative estimate of drug-likeness (QED) is 0.519. The normalized spacial score (nSPS) is 13.2. The first kappa shape index (κ1) is 7.96. The highest BCUT2D eigenvalue weighted by Crippen LogP contribution is 2.14. The lowest BCUT2D eigenvalue weighted by Gasteiger charge is -2.05. The fourth-order valence-corrected chi connectivity index (χ4v) is 1.51. The molecule has 0 unspecified atom stereocenters. The third-order valence-electron chi connectivity index (χ3n) is 2.23. The van der Waals surface area contributed by atoms with Gasteiger partial charge in [-0.15, -0.1) is 6.42 Å². The molecule has 1 aliphatic rings. The number of hydrogen-bond acceptors (Lipinski definition) is 0. The van der Waals surface area contributed by atoms with Crippen LogP contribution in [0, 0.1) is 24.2 Å². The summed E-state index contributed by atoms with van der Waals surface area (Å²) in [5.74, 6) is 8.89. The van der Waals surface area contributed by atoms with Crippen LogP contribution in [0.15, 0.2) is 18.2 Å². The second kappa shape index (κ2) is 3.38. The SMILES string of the molecule is C#Cc1ccc2cc1C#CCCC2. The summed E-state index contributed by atoms with van der Waals surface area (Å²) in [4.78, 5) is 0. The van der Waals surface area contributed by atoms with Gasteiger partial charge in [0.05, 0.1) is 0 Å². The van der Waals surface area contributed by atoms with Crippen LogP contribution in [-0.2, 0) is 6.42 Å². The van der Waals surface area contributed by atoms with Crippen molar-refractivity contribution in [2.75, 3.05) is 0 Å². The fraction of sp³-hybridized carbons (Fsp3) is 0.231. The van der Waals surface area contributed by atoms with Crippen LogP contribution in [0.3, 0.4) is 0 Å². The van der Waals surface area contributed by atoms with Crippen molar-refractivity contribution in [3.63, 3.8) is 0 Å². The molecule has 0 heteroatoms. The van der Waals surface area contributed by atoms with Gasteiger partial charge >= 0.3 is 0 Å². The Hall–Kier alpha value is -1.66. The van der Waals surface area contributed by atoms with Crippen LogP contribution < -0.4 is 0 Å². The summed E-state index contributed by atoms with van der Waals surface area (Å²) in [5, 5.41) is 0. The van der Waals surface area contributed by atoms with E-state index >= 15 is 0 Å². The summed E-state index contributed by atoms with van der Waals surface area (Å²) < 4.78 is 0. The average Bonchev–Trinajstić information content (AvgIpc) is 2.14. The Morgan fingerprint density at radius 2 is 2.31 bits per heavy atom. The van der Waals surface area contributed by atoms with E-state index in [9.17, 15) is 0 Å². The second-order valence-electron chi connectivity index (χ2n) is 3.18. The molecule has 0 saturated carbocycles. The van der Waals surface area contributed by atoms with Crippen LogP contribution in [-0.4, -0.2) is 0 Å². The molecular formula is C13H10. The molecule has 0 aromatic heterocycles. The molecule has 0 heterocycles. The Labute approximate surface area is 79.0 Å². The average molecular weight is 166 g/mol. The Bertz CT molecular complexity index is 422. The maximum absolute atomic E-state index is 5.37. The van der Waals surface area contributed by atoms with Crippen LogP contribution in [0.2, 0.25) is 0 Å². The van der Waals surface area contributed by atoms with E-state index in [1.807, 2.05) is 6.07 Å². The minimum Gasteiger partial charge on any atom is -0.115 e. The predicted molar refractivity (Wildman–Crippen MR) is 54.2 cm³/mol. The third kappa shape index (κ3) is 1.58. The molecule has 1 aromatic carbocycles. The van der Waals surface area contributed by atoms with Crippen molar-refractivity contribution in [1.29, 1.82) is 0 Å². The smallest absolute Gasteiger partial charge is 0.0404 e. The Balaban J connectivity index is 2.57. The Morgan fingerprint density at radius 1 is 1.38 bits per heavy atom. The van der Waals surface area contributed by atoms with Gasteiger partial charge < -0.3 is 0 Å². The lowest BCUT2D eigenvalue weighted by Crippen LogP contribution is -1.92. The highest BCUT2D eigenvalue weighted by Gasteiger charge is 2.01. The first-order chi connectivity index (χ1) is 6.40. The van der Waals surface area contributed by atoms with Gasteiger partial charge in [0.2, 0.25) is 0 Å². The van der Waals surface area contributed by atoms with Crippen LogP contribution in [0.4, 0.5) is 0 Å². The van der Waals surface area contributed by atoms with Crippen molar-refractivity contribution in [3.05, 3.63) is 34.9 Å². The van der Waals surface area contributed by atoms with Gasteiger partial charge in [0.15, 0.2) is 0 Å². The van der Waals surface area contributed by atoms with Crippen LogP contribution in [0.1, 0.15) is 29.5 Å². The number of fused-ring (bicyclic) bond motifs is 2. The van der Waals surface area contributed by atoms with Crippen LogP contribution >= 0.6 is 0 Å². The molecule has 13 heavy (non-hydrogen) atoms. The number of terminal acetylenes is 1. The van der Waals surface area contributed by atoms with Crippen molar-refractivity contribution < 1.29 is 0 Å². The third-order valence-corrected chi connectivity index (χ3v) is 2.23. The largest absolute Gasteiger partial charge is 0.115 e. The molecule has 0 atom stereocenters. The highest BCUT2D eigenvalue weighted by atomic mass is 14.0. The standard InChI is InChI=1S/C13H10/c1-2-12-9-8-11-6-4-3-5-7-13(12)10-11/h1,8-10H,3-4,6H2. The zero-order valence-electron chi connectivity index (χ0n) is 7.43. The molecule has 1 aromatic rings. The monoisotopic (exact) mass is 166 g/mol. The molecule has 0 radical (unpaired) electrons. The van der Waals surface area contributed by atoms with E-state index in [1.165, 1.54) is 5.56 Å². The van der Waals surface area contributed by atoms with Gasteiger partial charge in [0.25, 0.3) is 0 Å². The van der Waals surface area contributed by atoms with Gasteiger partial charge in [-0.3, -0.25) is 0 Å². The number of hydrogen-bond donors (Lipinski definition) is 0. The number of aryl methyl sites for hydroxylation is 1. The number of rotatable bonds is 0. The van der Waals surface area contributed by atoms with Crippen molar-refractivity contribution >= 4 is 0 Å². The van der Waals surface area contributed by atoms with E-state index in [0.717, 1.165) is 30.4 Å². The van der Waals surface area contributed by atoms with Crippen molar-refractivity contribution in [3.8, 4) is 24.2 Å². The van der Waals surface area contributed by atoms with E-state index in [2.05, 4.69) is 29.9 Å². The molecule has 0 aliphatic heterocycles. The van der Waals surface area contributed by atoms with Crippen LogP contribution in [0.25, 0.3) is 0 Å². The van der Waals surface area contributed by atoms with Gasteiger partial charge in [-0.05, 0) is 30.5 Å². The summed E-state index contributed by atoms with van der Waals surface area (Å²) in [7, 11) is 0. The van der Waals surface area contributed by atoms with Crippen molar-refractivity contribution in [2.45, 2.75) is 19.3 Å². The highest BCUT2D eigenvalue weighted by molar-refractivity contribution is 5.51. The first-order valence-corrected chi connectivity index (χ1v) is 4.48. The lowest BCUT2D eigenvalue weighted by molar-refractivity contribution is 0.854. The van der Waals surface area contributed by atoms with Crippen LogP contribution in [0.5, 0.6) is 0 Å². The summed E-state index contributed by atoms with van der Waals surface area (Å²) in [5.41, 5.74) is 3.28. The van der Waals surface area contributed by atoms with E-state index in [0.29, 0.717) is 0 Å². The summed E-state index contributed by atoms with van der Waals surface area (Å²) >= 11 is 0. The molecule has 0 N–H and O–H groups in total. The molecule has 1 aliphatic carbocycles. The van der Waals surface area contributed by atoms with Gasteiger partial charge in [0, 0.05) is 17.5 Å². The Kier molecular flexibility index (Phi) is 2.07. The summed E-state index contributed by atoms with van der Waals surface area (Å²) in [6.45, 7) is 0. The zero-order chi connectivity index (χ0) is 9.10. The minimum atomic E-state index is 0.915. The molecule has 0 spiro atoms. The Morgan fingerprint density at radius 3 is 3.15 bits per heavy atom. The topological polar surface area (TPSA) is 0 Å². The second-order valence-corrected chi connectivity index (χ2v) is 3.18. The van der Waals surface area contributed by atoms with Gasteiger partial charge in [-0.1, -0.05) is 23.8 Å². The molecule has 2 bridgehead atoms. The van der Waals surface area contributed by atoms with Crippen molar-refractivity contribution in [2.24, 2.45) is 0 Å². The molecule has 2 rings (SSSR count). The van der Waals surface area contributed by atoms with E-state index in [1.54, 1.807) is 0 Å². The maximum atomic E-state index is 5.37. The maximum Gasteiger partial charge on any atom is 0.0404 e. The summed E-state index contributed by atoms with van der Waals surface area (Å²) in [6, 6.07) is 6.21. The van der Waals surface area contributed by atoms with E-state index < -0.39 is 0 Å². The minimum absolute atomic E-state index is 0.915. The number of benzene rings is 1. The fourth-order valence-electron chi connectivity index (χ4n) is 1.51. The molecule has 0 nitrogen and oxygen atoms in total. The van der Waals surface area contributed by atoms with Gasteiger partial charge in [0.1, 0.15) is 0 Å². The zero-order valence-corrected chi connectivity index (χ0v) is 7.43. The van der Waals surface area contributed by atoms with Gasteiger partial charge in [-0.25, -0.2) is 0 Å². The predicted octanol–water partition coefficient (Wildman–Crippen LogP) is 2.36. The molecular weight excluding hydrogens is 156 g/mol. The molecule has 0 fully saturated rings. The van der Waals surface area contributed by atoms with E-state index in [-0.39, 0.29) is 0 Å². The van der Waals surface area contributed by atoms with Crippen molar-refractivity contribution in [1.82, 2.24) is 0 Å². The first-order valence-electron chi connectivity index (χ1n) is 4.48.